The second kappa shape index (κ2) is 5.46. The molecule has 0 radical (unpaired) electrons. The number of ether oxygens (including phenoxy) is 2. The van der Waals surface area contributed by atoms with Crippen molar-refractivity contribution in [3.05, 3.63) is 0 Å². The zero-order valence-corrected chi connectivity index (χ0v) is 9.63. The molecule has 2 saturated heterocycles. The number of carbonyl (C=O) groups excluding carboxylic acids is 1. The molecule has 96 valence electrons. The molecule has 2 heterocycles. The first-order valence-electron chi connectivity index (χ1n) is 5.93. The van der Waals surface area contributed by atoms with Crippen LogP contribution in [0.4, 0.5) is 0 Å². The molecule has 6 nitrogen and oxygen atoms in total. The van der Waals surface area contributed by atoms with E-state index in [2.05, 4.69) is 0 Å². The molecule has 1 amide bonds. The van der Waals surface area contributed by atoms with Crippen LogP contribution in [-0.4, -0.2) is 60.4 Å². The van der Waals surface area contributed by atoms with Crippen molar-refractivity contribution >= 4 is 11.9 Å². The van der Waals surface area contributed by atoms with Gasteiger partial charge >= 0.3 is 5.97 Å². The van der Waals surface area contributed by atoms with Crippen molar-refractivity contribution in [1.82, 2.24) is 4.90 Å². The molecule has 0 saturated carbocycles. The number of carbonyl (C=O) groups is 2. The van der Waals surface area contributed by atoms with Gasteiger partial charge in [-0.2, -0.15) is 0 Å². The largest absolute Gasteiger partial charge is 0.480 e. The summed E-state index contributed by atoms with van der Waals surface area (Å²) in [5.41, 5.74) is 0. The minimum absolute atomic E-state index is 0.224. The topological polar surface area (TPSA) is 76.1 Å². The molecule has 2 aliphatic rings. The van der Waals surface area contributed by atoms with Crippen LogP contribution in [0, 0.1) is 0 Å². The SMILES string of the molecule is O=C(O)C1CCCCN1C(=O)C1COCCO1. The van der Waals surface area contributed by atoms with E-state index in [4.69, 9.17) is 14.6 Å². The van der Waals surface area contributed by atoms with Gasteiger partial charge in [0, 0.05) is 6.54 Å². The van der Waals surface area contributed by atoms with Crippen LogP contribution in [0.25, 0.3) is 0 Å². The lowest BCUT2D eigenvalue weighted by Gasteiger charge is -2.36. The van der Waals surface area contributed by atoms with Crippen molar-refractivity contribution in [3.63, 3.8) is 0 Å². The van der Waals surface area contributed by atoms with E-state index in [9.17, 15) is 9.59 Å². The minimum atomic E-state index is -0.935. The van der Waals surface area contributed by atoms with Crippen LogP contribution in [0.1, 0.15) is 19.3 Å². The van der Waals surface area contributed by atoms with E-state index in [-0.39, 0.29) is 12.5 Å². The third-order valence-electron chi connectivity index (χ3n) is 3.16. The number of hydrogen-bond donors (Lipinski definition) is 1. The van der Waals surface area contributed by atoms with Gasteiger partial charge in [0.25, 0.3) is 5.91 Å². The molecule has 1 N–H and O–H groups in total. The van der Waals surface area contributed by atoms with Gasteiger partial charge in [-0.3, -0.25) is 4.79 Å². The van der Waals surface area contributed by atoms with Crippen LogP contribution in [0.5, 0.6) is 0 Å². The van der Waals surface area contributed by atoms with Crippen LogP contribution in [0.3, 0.4) is 0 Å². The highest BCUT2D eigenvalue weighted by Crippen LogP contribution is 2.19. The summed E-state index contributed by atoms with van der Waals surface area (Å²) in [6.45, 7) is 1.60. The second-order valence-electron chi connectivity index (χ2n) is 4.32. The molecule has 17 heavy (non-hydrogen) atoms. The Labute approximate surface area is 99.5 Å². The molecule has 2 atom stereocenters. The monoisotopic (exact) mass is 243 g/mol. The zero-order chi connectivity index (χ0) is 12.3. The third kappa shape index (κ3) is 2.76. The van der Waals surface area contributed by atoms with Gasteiger partial charge in [-0.1, -0.05) is 0 Å². The third-order valence-corrected chi connectivity index (χ3v) is 3.16. The molecule has 0 aromatic carbocycles. The van der Waals surface area contributed by atoms with Crippen molar-refractivity contribution in [3.8, 4) is 0 Å². The Hall–Kier alpha value is -1.14. The highest BCUT2D eigenvalue weighted by molar-refractivity contribution is 5.86. The predicted molar refractivity (Wildman–Crippen MR) is 57.5 cm³/mol. The van der Waals surface area contributed by atoms with Gasteiger partial charge in [0.2, 0.25) is 0 Å². The fourth-order valence-corrected chi connectivity index (χ4v) is 2.27. The van der Waals surface area contributed by atoms with Crippen LogP contribution in [0.15, 0.2) is 0 Å². The molecule has 2 fully saturated rings. The van der Waals surface area contributed by atoms with Crippen LogP contribution < -0.4 is 0 Å². The Bertz CT molecular complexity index is 300. The lowest BCUT2D eigenvalue weighted by molar-refractivity contribution is -0.167. The van der Waals surface area contributed by atoms with Gasteiger partial charge < -0.3 is 19.5 Å². The molecular formula is C11H17NO5. The van der Waals surface area contributed by atoms with Crippen molar-refractivity contribution < 1.29 is 24.2 Å². The summed E-state index contributed by atoms with van der Waals surface area (Å²) in [4.78, 5) is 24.6. The Balaban J connectivity index is 2.02. The van der Waals surface area contributed by atoms with Gasteiger partial charge in [-0.15, -0.1) is 0 Å². The molecule has 6 heteroatoms. The maximum atomic E-state index is 12.1. The van der Waals surface area contributed by atoms with E-state index in [1.54, 1.807) is 0 Å². The first kappa shape index (κ1) is 12.3. The Kier molecular flexibility index (Phi) is 3.96. The van der Waals surface area contributed by atoms with E-state index in [1.165, 1.54) is 4.90 Å². The quantitative estimate of drug-likeness (QED) is 0.731. The average molecular weight is 243 g/mol. The van der Waals surface area contributed by atoms with Crippen LogP contribution in [-0.2, 0) is 19.1 Å². The minimum Gasteiger partial charge on any atom is -0.480 e. The summed E-state index contributed by atoms with van der Waals surface area (Å²) in [6.07, 6.45) is 1.59. The van der Waals surface area contributed by atoms with Crippen molar-refractivity contribution in [1.29, 1.82) is 0 Å². The summed E-state index contributed by atoms with van der Waals surface area (Å²) < 4.78 is 10.5. The van der Waals surface area contributed by atoms with Gasteiger partial charge in [0.1, 0.15) is 6.04 Å². The van der Waals surface area contributed by atoms with E-state index < -0.39 is 18.1 Å². The Morgan fingerprint density at radius 3 is 2.71 bits per heavy atom. The summed E-state index contributed by atoms with van der Waals surface area (Å²) in [7, 11) is 0. The Morgan fingerprint density at radius 2 is 2.06 bits per heavy atom. The van der Waals surface area contributed by atoms with E-state index >= 15 is 0 Å². The Morgan fingerprint density at radius 1 is 1.24 bits per heavy atom. The first-order valence-corrected chi connectivity index (χ1v) is 5.93. The van der Waals surface area contributed by atoms with Crippen LogP contribution in [0.2, 0.25) is 0 Å². The maximum absolute atomic E-state index is 12.1. The molecule has 0 aliphatic carbocycles. The average Bonchev–Trinajstić information content (AvgIpc) is 2.39. The first-order chi connectivity index (χ1) is 8.20. The van der Waals surface area contributed by atoms with Crippen molar-refractivity contribution in [2.45, 2.75) is 31.4 Å². The molecule has 0 bridgehead atoms. The summed E-state index contributed by atoms with van der Waals surface area (Å²) in [5, 5.41) is 9.09. The zero-order valence-electron chi connectivity index (χ0n) is 9.63. The van der Waals surface area contributed by atoms with Crippen molar-refractivity contribution in [2.24, 2.45) is 0 Å². The highest BCUT2D eigenvalue weighted by Gasteiger charge is 2.36. The van der Waals surface area contributed by atoms with Gasteiger partial charge in [0.15, 0.2) is 6.10 Å². The number of carboxylic acids is 1. The van der Waals surface area contributed by atoms with E-state index in [1.807, 2.05) is 0 Å². The van der Waals surface area contributed by atoms with Crippen molar-refractivity contribution in [2.75, 3.05) is 26.4 Å². The normalized spacial score (nSPS) is 30.0. The summed E-state index contributed by atoms with van der Waals surface area (Å²) in [6, 6.07) is -0.707. The number of rotatable bonds is 2. The number of hydrogen-bond acceptors (Lipinski definition) is 4. The lowest BCUT2D eigenvalue weighted by atomic mass is 10.0. The summed E-state index contributed by atoms with van der Waals surface area (Å²) >= 11 is 0. The molecular weight excluding hydrogens is 226 g/mol. The summed E-state index contributed by atoms with van der Waals surface area (Å²) in [5.74, 6) is -1.19. The van der Waals surface area contributed by atoms with Crippen LogP contribution >= 0.6 is 0 Å². The molecule has 2 aliphatic heterocycles. The smallest absolute Gasteiger partial charge is 0.326 e. The predicted octanol–water partition coefficient (Wildman–Crippen LogP) is -0.133. The van der Waals surface area contributed by atoms with Gasteiger partial charge in [-0.25, -0.2) is 4.79 Å². The van der Waals surface area contributed by atoms with E-state index in [0.717, 1.165) is 12.8 Å². The van der Waals surface area contributed by atoms with E-state index in [0.29, 0.717) is 26.2 Å². The van der Waals surface area contributed by atoms with Gasteiger partial charge in [-0.05, 0) is 19.3 Å². The molecule has 0 aromatic heterocycles. The number of nitrogens with zero attached hydrogens (tertiary/aromatic N) is 1. The lowest BCUT2D eigenvalue weighted by Crippen LogP contribution is -2.53. The molecule has 0 spiro atoms. The number of piperidine rings is 1. The molecule has 2 unspecified atom stereocenters. The number of aliphatic carboxylic acids is 1. The standard InChI is InChI=1S/C11H17NO5/c13-10(9-7-16-5-6-17-9)12-4-2-1-3-8(12)11(14)15/h8-9H,1-7H2,(H,14,15). The number of likely N-dealkylation sites (tertiary alicyclic amines) is 1. The number of carboxylic acid groups (broad SMARTS) is 1. The maximum Gasteiger partial charge on any atom is 0.326 e. The highest BCUT2D eigenvalue weighted by atomic mass is 16.6. The van der Waals surface area contributed by atoms with Gasteiger partial charge in [0.05, 0.1) is 19.8 Å². The number of amides is 1. The second-order valence-corrected chi connectivity index (χ2v) is 4.32. The molecule has 2 rings (SSSR count). The fraction of sp³-hybridized carbons (Fsp3) is 0.818. The molecule has 0 aromatic rings. The fourth-order valence-electron chi connectivity index (χ4n) is 2.27.